The minimum atomic E-state index is -0.556. The van der Waals surface area contributed by atoms with E-state index in [4.69, 9.17) is 22.1 Å². The van der Waals surface area contributed by atoms with Gasteiger partial charge in [-0.2, -0.15) is 0 Å². The van der Waals surface area contributed by atoms with Crippen LogP contribution in [0.25, 0.3) is 0 Å². The van der Waals surface area contributed by atoms with E-state index in [-0.39, 0.29) is 30.5 Å². The summed E-state index contributed by atoms with van der Waals surface area (Å²) < 4.78 is 4.92. The zero-order valence-corrected chi connectivity index (χ0v) is 11.9. The second-order valence-corrected chi connectivity index (χ2v) is 4.24. The molecule has 20 heavy (non-hydrogen) atoms. The van der Waals surface area contributed by atoms with Crippen molar-refractivity contribution in [3.05, 3.63) is 22.8 Å². The molecule has 110 valence electrons. The SMILES string of the molecule is CCNc1ccc(Cl)c(C(=O)NCCOCC(N)=O)n1. The van der Waals surface area contributed by atoms with Crippen LogP contribution in [0.1, 0.15) is 17.4 Å². The highest BCUT2D eigenvalue weighted by molar-refractivity contribution is 6.33. The molecule has 7 nitrogen and oxygen atoms in total. The van der Waals surface area contributed by atoms with Crippen LogP contribution in [0.4, 0.5) is 5.82 Å². The summed E-state index contributed by atoms with van der Waals surface area (Å²) in [5.74, 6) is -0.385. The molecule has 0 spiro atoms. The van der Waals surface area contributed by atoms with Crippen molar-refractivity contribution in [2.24, 2.45) is 5.73 Å². The van der Waals surface area contributed by atoms with Gasteiger partial charge in [-0.1, -0.05) is 11.6 Å². The lowest BCUT2D eigenvalue weighted by Gasteiger charge is -2.08. The third kappa shape index (κ3) is 5.41. The predicted molar refractivity (Wildman–Crippen MR) is 75.8 cm³/mol. The summed E-state index contributed by atoms with van der Waals surface area (Å²) in [5, 5.41) is 5.85. The number of nitrogens with zero attached hydrogens (tertiary/aromatic N) is 1. The number of amides is 2. The van der Waals surface area contributed by atoms with Crippen LogP contribution >= 0.6 is 11.6 Å². The Morgan fingerprint density at radius 2 is 2.20 bits per heavy atom. The van der Waals surface area contributed by atoms with Gasteiger partial charge in [-0.3, -0.25) is 9.59 Å². The number of carbonyl (C=O) groups is 2. The molecule has 0 aliphatic rings. The van der Waals surface area contributed by atoms with Crippen molar-refractivity contribution in [3.63, 3.8) is 0 Å². The molecule has 0 bridgehead atoms. The van der Waals surface area contributed by atoms with Gasteiger partial charge in [0.2, 0.25) is 5.91 Å². The van der Waals surface area contributed by atoms with E-state index in [9.17, 15) is 9.59 Å². The molecule has 1 aromatic heterocycles. The van der Waals surface area contributed by atoms with E-state index in [1.165, 1.54) is 0 Å². The summed E-state index contributed by atoms with van der Waals surface area (Å²) in [5.41, 5.74) is 5.04. The summed E-state index contributed by atoms with van der Waals surface area (Å²) in [6.45, 7) is 2.85. The van der Waals surface area contributed by atoms with Crippen LogP contribution in [0, 0.1) is 0 Å². The van der Waals surface area contributed by atoms with Crippen LogP contribution in [0.3, 0.4) is 0 Å². The molecule has 0 saturated carbocycles. The molecule has 0 aliphatic heterocycles. The van der Waals surface area contributed by atoms with Crippen molar-refractivity contribution < 1.29 is 14.3 Å². The average molecular weight is 301 g/mol. The average Bonchev–Trinajstić information content (AvgIpc) is 2.40. The van der Waals surface area contributed by atoms with Crippen LogP contribution in [-0.4, -0.2) is 43.1 Å². The van der Waals surface area contributed by atoms with Gasteiger partial charge in [0, 0.05) is 13.1 Å². The third-order valence-electron chi connectivity index (χ3n) is 2.20. The molecule has 0 saturated heterocycles. The maximum atomic E-state index is 11.9. The lowest BCUT2D eigenvalue weighted by molar-refractivity contribution is -0.122. The van der Waals surface area contributed by atoms with Crippen molar-refractivity contribution in [1.29, 1.82) is 0 Å². The largest absolute Gasteiger partial charge is 0.370 e. The Hall–Kier alpha value is -1.86. The number of rotatable bonds is 8. The fourth-order valence-electron chi connectivity index (χ4n) is 1.37. The second-order valence-electron chi connectivity index (χ2n) is 3.83. The van der Waals surface area contributed by atoms with Crippen molar-refractivity contribution in [3.8, 4) is 0 Å². The maximum absolute atomic E-state index is 11.9. The molecular weight excluding hydrogens is 284 g/mol. The van der Waals surface area contributed by atoms with E-state index < -0.39 is 11.8 Å². The van der Waals surface area contributed by atoms with E-state index in [1.54, 1.807) is 12.1 Å². The van der Waals surface area contributed by atoms with Crippen molar-refractivity contribution >= 4 is 29.2 Å². The second kappa shape index (κ2) is 8.34. The molecule has 4 N–H and O–H groups in total. The molecule has 0 unspecified atom stereocenters. The number of primary amides is 1. The number of pyridine rings is 1. The van der Waals surface area contributed by atoms with Gasteiger partial charge in [0.15, 0.2) is 0 Å². The van der Waals surface area contributed by atoms with Crippen LogP contribution in [0.2, 0.25) is 5.02 Å². The van der Waals surface area contributed by atoms with Gasteiger partial charge in [0.05, 0.1) is 11.6 Å². The third-order valence-corrected chi connectivity index (χ3v) is 2.50. The number of hydrogen-bond donors (Lipinski definition) is 3. The Morgan fingerprint density at radius 1 is 1.45 bits per heavy atom. The Labute approximate surface area is 121 Å². The van der Waals surface area contributed by atoms with Gasteiger partial charge in [0.25, 0.3) is 5.91 Å². The topological polar surface area (TPSA) is 106 Å². The summed E-state index contributed by atoms with van der Waals surface area (Å²) in [6, 6.07) is 3.30. The first-order chi connectivity index (χ1) is 9.54. The van der Waals surface area contributed by atoms with Gasteiger partial charge >= 0.3 is 0 Å². The Kier molecular flexibility index (Phi) is 6.75. The van der Waals surface area contributed by atoms with Crippen LogP contribution < -0.4 is 16.4 Å². The number of ether oxygens (including phenoxy) is 1. The van der Waals surface area contributed by atoms with E-state index in [0.29, 0.717) is 12.4 Å². The van der Waals surface area contributed by atoms with Crippen molar-refractivity contribution in [2.45, 2.75) is 6.92 Å². The molecule has 1 aromatic rings. The number of carbonyl (C=O) groups excluding carboxylic acids is 2. The molecule has 0 aliphatic carbocycles. The number of aromatic nitrogens is 1. The van der Waals surface area contributed by atoms with Crippen LogP contribution in [0.15, 0.2) is 12.1 Å². The van der Waals surface area contributed by atoms with Gasteiger partial charge in [0.1, 0.15) is 18.1 Å². The lowest BCUT2D eigenvalue weighted by Crippen LogP contribution is -2.29. The van der Waals surface area contributed by atoms with Crippen LogP contribution in [0.5, 0.6) is 0 Å². The highest BCUT2D eigenvalue weighted by atomic mass is 35.5. The summed E-state index contributed by atoms with van der Waals surface area (Å²) >= 11 is 5.93. The molecule has 0 fully saturated rings. The summed E-state index contributed by atoms with van der Waals surface area (Å²) in [6.07, 6.45) is 0. The van der Waals surface area contributed by atoms with E-state index >= 15 is 0 Å². The van der Waals surface area contributed by atoms with Crippen molar-refractivity contribution in [2.75, 3.05) is 31.6 Å². The normalized spacial score (nSPS) is 10.1. The maximum Gasteiger partial charge on any atom is 0.271 e. The molecular formula is C12H17ClN4O3. The zero-order chi connectivity index (χ0) is 15.0. The van der Waals surface area contributed by atoms with Crippen LogP contribution in [-0.2, 0) is 9.53 Å². The zero-order valence-electron chi connectivity index (χ0n) is 11.1. The Bertz CT molecular complexity index is 482. The predicted octanol–water partition coefficient (Wildman–Crippen LogP) is 0.398. The molecule has 1 heterocycles. The molecule has 0 aromatic carbocycles. The van der Waals surface area contributed by atoms with E-state index in [1.807, 2.05) is 6.92 Å². The molecule has 8 heteroatoms. The molecule has 0 atom stereocenters. The molecule has 0 radical (unpaired) electrons. The highest BCUT2D eigenvalue weighted by Crippen LogP contribution is 2.16. The highest BCUT2D eigenvalue weighted by Gasteiger charge is 2.12. The minimum absolute atomic E-state index is 0.139. The standard InChI is InChI=1S/C12H17ClN4O3/c1-2-15-10-4-3-8(13)11(17-10)12(19)16-5-6-20-7-9(14)18/h3-4H,2,5-7H2,1H3,(H2,14,18)(H,15,17)(H,16,19). The monoisotopic (exact) mass is 300 g/mol. The quantitative estimate of drug-likeness (QED) is 0.602. The van der Waals surface area contributed by atoms with Crippen molar-refractivity contribution in [1.82, 2.24) is 10.3 Å². The number of nitrogens with one attached hydrogen (secondary N) is 2. The van der Waals surface area contributed by atoms with E-state index in [0.717, 1.165) is 0 Å². The van der Waals surface area contributed by atoms with Gasteiger partial charge in [-0.05, 0) is 19.1 Å². The first-order valence-corrected chi connectivity index (χ1v) is 6.47. The van der Waals surface area contributed by atoms with Gasteiger partial charge < -0.3 is 21.1 Å². The minimum Gasteiger partial charge on any atom is -0.370 e. The summed E-state index contributed by atoms with van der Waals surface area (Å²) in [4.78, 5) is 26.4. The summed E-state index contributed by atoms with van der Waals surface area (Å²) in [7, 11) is 0. The number of nitrogens with two attached hydrogens (primary N) is 1. The Morgan fingerprint density at radius 3 is 2.85 bits per heavy atom. The molecule has 2 amide bonds. The molecule has 1 rings (SSSR count). The number of hydrogen-bond acceptors (Lipinski definition) is 5. The van der Waals surface area contributed by atoms with E-state index in [2.05, 4.69) is 15.6 Å². The number of anilines is 1. The first-order valence-electron chi connectivity index (χ1n) is 6.09. The first kappa shape index (κ1) is 16.2. The fraction of sp³-hybridized carbons (Fsp3) is 0.417. The Balaban J connectivity index is 2.50. The number of halogens is 1. The lowest BCUT2D eigenvalue weighted by atomic mass is 10.3. The van der Waals surface area contributed by atoms with Gasteiger partial charge in [-0.25, -0.2) is 4.98 Å². The fourth-order valence-corrected chi connectivity index (χ4v) is 1.57. The smallest absolute Gasteiger partial charge is 0.271 e. The van der Waals surface area contributed by atoms with Gasteiger partial charge in [-0.15, -0.1) is 0 Å².